The molecule has 0 unspecified atom stereocenters. The molecule has 0 saturated carbocycles. The first-order valence-corrected chi connectivity index (χ1v) is 5.64. The number of amides is 1. The average molecular weight is 220 g/mol. The molecule has 0 radical (unpaired) electrons. The SMILES string of the molecule is CCCN(C)C(=O)c1ccc(NC)cc1C. The van der Waals surface area contributed by atoms with Gasteiger partial charge in [0.15, 0.2) is 0 Å². The molecule has 1 aromatic carbocycles. The molecule has 0 aliphatic carbocycles. The third kappa shape index (κ3) is 2.75. The number of hydrogen-bond donors (Lipinski definition) is 1. The summed E-state index contributed by atoms with van der Waals surface area (Å²) in [6, 6.07) is 5.81. The molecule has 0 aliphatic heterocycles. The van der Waals surface area contributed by atoms with Crippen molar-refractivity contribution in [3.05, 3.63) is 29.3 Å². The Labute approximate surface area is 97.5 Å². The van der Waals surface area contributed by atoms with Gasteiger partial charge in [0.05, 0.1) is 0 Å². The molecule has 0 bridgehead atoms. The molecule has 0 saturated heterocycles. The quantitative estimate of drug-likeness (QED) is 0.845. The topological polar surface area (TPSA) is 32.3 Å². The molecule has 0 aromatic heterocycles. The van der Waals surface area contributed by atoms with E-state index in [4.69, 9.17) is 0 Å². The molecule has 1 amide bonds. The van der Waals surface area contributed by atoms with E-state index in [9.17, 15) is 4.79 Å². The number of carbonyl (C=O) groups is 1. The van der Waals surface area contributed by atoms with Crippen molar-refractivity contribution in [1.29, 1.82) is 0 Å². The van der Waals surface area contributed by atoms with Gasteiger partial charge in [-0.1, -0.05) is 6.92 Å². The van der Waals surface area contributed by atoms with E-state index in [0.717, 1.165) is 29.8 Å². The highest BCUT2D eigenvalue weighted by Crippen LogP contribution is 2.16. The number of benzene rings is 1. The van der Waals surface area contributed by atoms with Crippen LogP contribution in [0.5, 0.6) is 0 Å². The van der Waals surface area contributed by atoms with E-state index in [2.05, 4.69) is 12.2 Å². The fourth-order valence-corrected chi connectivity index (χ4v) is 1.70. The second kappa shape index (κ2) is 5.54. The Morgan fingerprint density at radius 2 is 2.12 bits per heavy atom. The summed E-state index contributed by atoms with van der Waals surface area (Å²) in [5, 5.41) is 3.06. The monoisotopic (exact) mass is 220 g/mol. The largest absolute Gasteiger partial charge is 0.388 e. The minimum absolute atomic E-state index is 0.0991. The fourth-order valence-electron chi connectivity index (χ4n) is 1.70. The van der Waals surface area contributed by atoms with E-state index in [1.165, 1.54) is 0 Å². The minimum atomic E-state index is 0.0991. The van der Waals surface area contributed by atoms with E-state index < -0.39 is 0 Å². The van der Waals surface area contributed by atoms with Crippen LogP contribution in [0.4, 0.5) is 5.69 Å². The molecule has 3 heteroatoms. The first kappa shape index (κ1) is 12.6. The van der Waals surface area contributed by atoms with Gasteiger partial charge in [0.2, 0.25) is 0 Å². The number of nitrogens with one attached hydrogen (secondary N) is 1. The predicted molar refractivity (Wildman–Crippen MR) is 68.0 cm³/mol. The molecular weight excluding hydrogens is 200 g/mol. The summed E-state index contributed by atoms with van der Waals surface area (Å²) in [4.78, 5) is 13.8. The van der Waals surface area contributed by atoms with Crippen molar-refractivity contribution < 1.29 is 4.79 Å². The highest BCUT2D eigenvalue weighted by atomic mass is 16.2. The Morgan fingerprint density at radius 3 is 2.62 bits per heavy atom. The van der Waals surface area contributed by atoms with Crippen molar-refractivity contribution in [2.45, 2.75) is 20.3 Å². The van der Waals surface area contributed by atoms with E-state index in [1.807, 2.05) is 39.2 Å². The zero-order valence-electron chi connectivity index (χ0n) is 10.5. The predicted octanol–water partition coefficient (Wildman–Crippen LogP) is 2.52. The van der Waals surface area contributed by atoms with E-state index in [0.29, 0.717) is 0 Å². The molecule has 1 aromatic rings. The summed E-state index contributed by atoms with van der Waals surface area (Å²) in [7, 11) is 3.72. The summed E-state index contributed by atoms with van der Waals surface area (Å²) in [6.07, 6.45) is 0.982. The van der Waals surface area contributed by atoms with Gasteiger partial charge >= 0.3 is 0 Å². The van der Waals surface area contributed by atoms with Crippen LogP contribution < -0.4 is 5.32 Å². The molecule has 0 atom stereocenters. The number of rotatable bonds is 4. The fraction of sp³-hybridized carbons (Fsp3) is 0.462. The van der Waals surface area contributed by atoms with Crippen LogP contribution in [-0.4, -0.2) is 31.4 Å². The first-order chi connectivity index (χ1) is 7.60. The Morgan fingerprint density at radius 1 is 1.44 bits per heavy atom. The molecule has 0 spiro atoms. The van der Waals surface area contributed by atoms with Crippen LogP contribution >= 0.6 is 0 Å². The molecule has 0 fully saturated rings. The second-order valence-electron chi connectivity index (χ2n) is 4.01. The third-order valence-electron chi connectivity index (χ3n) is 2.65. The van der Waals surface area contributed by atoms with Gasteiger partial charge in [0.1, 0.15) is 0 Å². The number of anilines is 1. The standard InChI is InChI=1S/C13H20N2O/c1-5-8-15(4)13(16)12-7-6-11(14-3)9-10(12)2/h6-7,9,14H,5,8H2,1-4H3. The second-order valence-corrected chi connectivity index (χ2v) is 4.01. The molecule has 1 N–H and O–H groups in total. The van der Waals surface area contributed by atoms with Crippen LogP contribution in [0.25, 0.3) is 0 Å². The average Bonchev–Trinajstić information content (AvgIpc) is 2.28. The summed E-state index contributed by atoms with van der Waals surface area (Å²) < 4.78 is 0. The van der Waals surface area contributed by atoms with Gasteiger partial charge < -0.3 is 10.2 Å². The minimum Gasteiger partial charge on any atom is -0.388 e. The molecule has 1 rings (SSSR count). The lowest BCUT2D eigenvalue weighted by Gasteiger charge is -2.17. The molecular formula is C13H20N2O. The Balaban J connectivity index is 2.91. The van der Waals surface area contributed by atoms with Crippen LogP contribution in [0.15, 0.2) is 18.2 Å². The van der Waals surface area contributed by atoms with E-state index in [1.54, 1.807) is 4.90 Å². The molecule has 88 valence electrons. The zero-order chi connectivity index (χ0) is 12.1. The molecule has 0 heterocycles. The van der Waals surface area contributed by atoms with Crippen molar-refractivity contribution in [3.63, 3.8) is 0 Å². The van der Waals surface area contributed by atoms with Crippen molar-refractivity contribution in [1.82, 2.24) is 4.90 Å². The van der Waals surface area contributed by atoms with Gasteiger partial charge in [-0.15, -0.1) is 0 Å². The third-order valence-corrected chi connectivity index (χ3v) is 2.65. The summed E-state index contributed by atoms with van der Waals surface area (Å²) >= 11 is 0. The highest BCUT2D eigenvalue weighted by Gasteiger charge is 2.13. The van der Waals surface area contributed by atoms with Crippen LogP contribution in [0, 0.1) is 6.92 Å². The lowest BCUT2D eigenvalue weighted by molar-refractivity contribution is 0.0794. The number of nitrogens with zero attached hydrogens (tertiary/aromatic N) is 1. The maximum absolute atomic E-state index is 12.1. The lowest BCUT2D eigenvalue weighted by atomic mass is 10.1. The lowest BCUT2D eigenvalue weighted by Crippen LogP contribution is -2.27. The maximum Gasteiger partial charge on any atom is 0.253 e. The van der Waals surface area contributed by atoms with Gasteiger partial charge in [-0.2, -0.15) is 0 Å². The van der Waals surface area contributed by atoms with Crippen molar-refractivity contribution in [2.24, 2.45) is 0 Å². The van der Waals surface area contributed by atoms with Gasteiger partial charge in [-0.25, -0.2) is 0 Å². The van der Waals surface area contributed by atoms with Crippen LogP contribution in [0.3, 0.4) is 0 Å². The van der Waals surface area contributed by atoms with Crippen LogP contribution in [0.2, 0.25) is 0 Å². The number of aryl methyl sites for hydroxylation is 1. The zero-order valence-corrected chi connectivity index (χ0v) is 10.5. The van der Waals surface area contributed by atoms with Gasteiger partial charge in [0, 0.05) is 31.9 Å². The summed E-state index contributed by atoms with van der Waals surface area (Å²) in [5.74, 6) is 0.0991. The van der Waals surface area contributed by atoms with Gasteiger partial charge in [0.25, 0.3) is 5.91 Å². The normalized spacial score (nSPS) is 10.0. The first-order valence-electron chi connectivity index (χ1n) is 5.64. The van der Waals surface area contributed by atoms with Crippen molar-refractivity contribution in [3.8, 4) is 0 Å². The molecule has 3 nitrogen and oxygen atoms in total. The van der Waals surface area contributed by atoms with Crippen molar-refractivity contribution in [2.75, 3.05) is 26.0 Å². The smallest absolute Gasteiger partial charge is 0.253 e. The number of carbonyl (C=O) groups excluding carboxylic acids is 1. The van der Waals surface area contributed by atoms with Gasteiger partial charge in [-0.05, 0) is 37.1 Å². The van der Waals surface area contributed by atoms with Crippen LogP contribution in [-0.2, 0) is 0 Å². The van der Waals surface area contributed by atoms with Crippen LogP contribution in [0.1, 0.15) is 29.3 Å². The Kier molecular flexibility index (Phi) is 4.35. The summed E-state index contributed by atoms with van der Waals surface area (Å²) in [5.41, 5.74) is 2.84. The summed E-state index contributed by atoms with van der Waals surface area (Å²) in [6.45, 7) is 4.83. The molecule has 16 heavy (non-hydrogen) atoms. The van der Waals surface area contributed by atoms with E-state index in [-0.39, 0.29) is 5.91 Å². The van der Waals surface area contributed by atoms with Crippen molar-refractivity contribution >= 4 is 11.6 Å². The maximum atomic E-state index is 12.1. The van der Waals surface area contributed by atoms with Gasteiger partial charge in [-0.3, -0.25) is 4.79 Å². The number of hydrogen-bond acceptors (Lipinski definition) is 2. The van der Waals surface area contributed by atoms with E-state index >= 15 is 0 Å². The Hall–Kier alpha value is -1.51. The molecule has 0 aliphatic rings. The Bertz CT molecular complexity index is 374. The highest BCUT2D eigenvalue weighted by molar-refractivity contribution is 5.95.